The van der Waals surface area contributed by atoms with Crippen LogP contribution in [0, 0.1) is 6.92 Å². The second-order valence-electron chi connectivity index (χ2n) is 3.30. The Labute approximate surface area is 88.2 Å². The minimum atomic E-state index is 0.548. The van der Waals surface area contributed by atoms with Gasteiger partial charge in [0.25, 0.3) is 0 Å². The molecule has 0 amide bonds. The lowest BCUT2D eigenvalue weighted by Gasteiger charge is -1.95. The first kappa shape index (κ1) is 9.86. The van der Waals surface area contributed by atoms with Crippen molar-refractivity contribution in [3.05, 3.63) is 36.1 Å². The summed E-state index contributed by atoms with van der Waals surface area (Å²) in [5.74, 6) is 1.47. The van der Waals surface area contributed by atoms with Crippen LogP contribution in [0.5, 0.6) is 0 Å². The zero-order valence-corrected chi connectivity index (χ0v) is 8.60. The first-order valence-corrected chi connectivity index (χ1v) is 4.88. The Hall–Kier alpha value is -1.68. The minimum absolute atomic E-state index is 0.548. The molecule has 0 saturated heterocycles. The fraction of sp³-hybridized carbons (Fsp3) is 0.273. The summed E-state index contributed by atoms with van der Waals surface area (Å²) in [6, 6.07) is 3.83. The lowest BCUT2D eigenvalue weighted by atomic mass is 10.2. The number of nitrogens with zero attached hydrogens (tertiary/aromatic N) is 2. The van der Waals surface area contributed by atoms with E-state index in [1.807, 2.05) is 19.1 Å². The molecule has 2 aromatic rings. The number of aromatic nitrogens is 2. The highest BCUT2D eigenvalue weighted by atomic mass is 16.4. The van der Waals surface area contributed by atoms with Crippen LogP contribution < -0.4 is 5.73 Å². The van der Waals surface area contributed by atoms with Crippen LogP contribution in [0.25, 0.3) is 11.3 Å². The predicted octanol–water partition coefficient (Wildman–Crippen LogP) is 1.55. The van der Waals surface area contributed by atoms with Gasteiger partial charge in [0.15, 0.2) is 11.7 Å². The monoisotopic (exact) mass is 203 g/mol. The van der Waals surface area contributed by atoms with Crippen molar-refractivity contribution in [1.82, 2.24) is 9.97 Å². The molecular formula is C11H13N3O. The third-order valence-electron chi connectivity index (χ3n) is 2.12. The van der Waals surface area contributed by atoms with E-state index in [9.17, 15) is 0 Å². The summed E-state index contributed by atoms with van der Waals surface area (Å²) in [4.78, 5) is 8.35. The summed E-state index contributed by atoms with van der Waals surface area (Å²) < 4.78 is 5.61. The van der Waals surface area contributed by atoms with Crippen LogP contribution in [0.2, 0.25) is 0 Å². The summed E-state index contributed by atoms with van der Waals surface area (Å²) in [5, 5.41) is 0. The van der Waals surface area contributed by atoms with Crippen LogP contribution in [0.1, 0.15) is 11.6 Å². The van der Waals surface area contributed by atoms with Crippen LogP contribution in [-0.2, 0) is 6.42 Å². The molecule has 4 heteroatoms. The van der Waals surface area contributed by atoms with E-state index in [2.05, 4.69) is 9.97 Å². The molecule has 0 aromatic carbocycles. The van der Waals surface area contributed by atoms with Gasteiger partial charge >= 0.3 is 0 Å². The van der Waals surface area contributed by atoms with E-state index in [1.165, 1.54) is 0 Å². The molecule has 0 unspecified atom stereocenters. The lowest BCUT2D eigenvalue weighted by molar-refractivity contribution is 0.507. The maximum absolute atomic E-state index is 5.61. The van der Waals surface area contributed by atoms with Crippen LogP contribution in [0.3, 0.4) is 0 Å². The van der Waals surface area contributed by atoms with Crippen LogP contribution in [-0.4, -0.2) is 16.5 Å². The van der Waals surface area contributed by atoms with Crippen molar-refractivity contribution in [3.8, 4) is 11.3 Å². The SMILES string of the molecule is Cc1nc(CCN)oc1-c1cccnc1. The number of aryl methyl sites for hydroxylation is 1. The third-order valence-corrected chi connectivity index (χ3v) is 2.12. The Bertz CT molecular complexity index is 436. The Morgan fingerprint density at radius 2 is 2.33 bits per heavy atom. The summed E-state index contributed by atoms with van der Waals surface area (Å²) >= 11 is 0. The van der Waals surface area contributed by atoms with Crippen molar-refractivity contribution in [2.75, 3.05) is 6.54 Å². The number of hydrogen-bond donors (Lipinski definition) is 1. The molecule has 2 heterocycles. The Morgan fingerprint density at radius 1 is 1.47 bits per heavy atom. The van der Waals surface area contributed by atoms with E-state index >= 15 is 0 Å². The molecule has 2 N–H and O–H groups in total. The highest BCUT2D eigenvalue weighted by Gasteiger charge is 2.10. The van der Waals surface area contributed by atoms with Crippen LogP contribution in [0.4, 0.5) is 0 Å². The average molecular weight is 203 g/mol. The molecule has 0 aliphatic heterocycles. The maximum atomic E-state index is 5.61. The summed E-state index contributed by atoms with van der Waals surface area (Å²) in [7, 11) is 0. The van der Waals surface area contributed by atoms with Crippen LogP contribution in [0.15, 0.2) is 28.9 Å². The van der Waals surface area contributed by atoms with E-state index in [0.29, 0.717) is 18.9 Å². The van der Waals surface area contributed by atoms with Crippen molar-refractivity contribution in [3.63, 3.8) is 0 Å². The molecule has 0 radical (unpaired) electrons. The van der Waals surface area contributed by atoms with Gasteiger partial charge in [0, 0.05) is 30.9 Å². The quantitative estimate of drug-likeness (QED) is 0.821. The highest BCUT2D eigenvalue weighted by molar-refractivity contribution is 5.58. The number of pyridine rings is 1. The largest absolute Gasteiger partial charge is 0.440 e. The molecule has 0 aliphatic rings. The molecular weight excluding hydrogens is 190 g/mol. The van der Waals surface area contributed by atoms with E-state index < -0.39 is 0 Å². The van der Waals surface area contributed by atoms with Gasteiger partial charge in [-0.05, 0) is 19.1 Å². The average Bonchev–Trinajstić information content (AvgIpc) is 2.61. The number of hydrogen-bond acceptors (Lipinski definition) is 4. The van der Waals surface area contributed by atoms with E-state index in [0.717, 1.165) is 17.0 Å². The second-order valence-corrected chi connectivity index (χ2v) is 3.30. The van der Waals surface area contributed by atoms with Gasteiger partial charge in [-0.15, -0.1) is 0 Å². The number of nitrogens with two attached hydrogens (primary N) is 1. The van der Waals surface area contributed by atoms with Gasteiger partial charge in [-0.1, -0.05) is 0 Å². The normalized spacial score (nSPS) is 10.5. The van der Waals surface area contributed by atoms with Gasteiger partial charge in [-0.25, -0.2) is 4.98 Å². The zero-order chi connectivity index (χ0) is 10.7. The fourth-order valence-corrected chi connectivity index (χ4v) is 1.45. The van der Waals surface area contributed by atoms with Gasteiger partial charge in [0.1, 0.15) is 0 Å². The van der Waals surface area contributed by atoms with Gasteiger partial charge in [-0.2, -0.15) is 0 Å². The second kappa shape index (κ2) is 4.23. The molecule has 0 atom stereocenters. The molecule has 15 heavy (non-hydrogen) atoms. The summed E-state index contributed by atoms with van der Waals surface area (Å²) in [6.07, 6.45) is 4.16. The van der Waals surface area contributed by atoms with Gasteiger partial charge < -0.3 is 10.2 Å². The molecule has 0 aliphatic carbocycles. The molecule has 0 spiro atoms. The van der Waals surface area contributed by atoms with Crippen molar-refractivity contribution in [2.45, 2.75) is 13.3 Å². The molecule has 0 fully saturated rings. The summed E-state index contributed by atoms with van der Waals surface area (Å²) in [5.41, 5.74) is 7.28. The van der Waals surface area contributed by atoms with Crippen molar-refractivity contribution in [1.29, 1.82) is 0 Å². The van der Waals surface area contributed by atoms with Gasteiger partial charge in [0.2, 0.25) is 0 Å². The lowest BCUT2D eigenvalue weighted by Crippen LogP contribution is -2.02. The van der Waals surface area contributed by atoms with E-state index in [1.54, 1.807) is 12.4 Å². The molecule has 78 valence electrons. The molecule has 2 aromatic heterocycles. The molecule has 2 rings (SSSR count). The number of oxazole rings is 1. The predicted molar refractivity (Wildman–Crippen MR) is 57.2 cm³/mol. The first-order chi connectivity index (χ1) is 7.31. The molecule has 0 bridgehead atoms. The number of rotatable bonds is 3. The van der Waals surface area contributed by atoms with Crippen molar-refractivity contribution in [2.24, 2.45) is 5.73 Å². The first-order valence-electron chi connectivity index (χ1n) is 4.88. The third kappa shape index (κ3) is 2.05. The van der Waals surface area contributed by atoms with Gasteiger partial charge in [-0.3, -0.25) is 4.98 Å². The topological polar surface area (TPSA) is 64.9 Å². The zero-order valence-electron chi connectivity index (χ0n) is 8.60. The fourth-order valence-electron chi connectivity index (χ4n) is 1.45. The molecule has 0 saturated carbocycles. The smallest absolute Gasteiger partial charge is 0.196 e. The van der Waals surface area contributed by atoms with Crippen molar-refractivity contribution >= 4 is 0 Å². The summed E-state index contributed by atoms with van der Waals surface area (Å²) in [6.45, 7) is 2.47. The van der Waals surface area contributed by atoms with Crippen LogP contribution >= 0.6 is 0 Å². The Morgan fingerprint density at radius 3 is 3.00 bits per heavy atom. The minimum Gasteiger partial charge on any atom is -0.440 e. The van der Waals surface area contributed by atoms with Crippen molar-refractivity contribution < 1.29 is 4.42 Å². The van der Waals surface area contributed by atoms with Gasteiger partial charge in [0.05, 0.1) is 5.69 Å². The Kier molecular flexibility index (Phi) is 2.78. The highest BCUT2D eigenvalue weighted by Crippen LogP contribution is 2.23. The Balaban J connectivity index is 2.36. The van der Waals surface area contributed by atoms with E-state index in [4.69, 9.17) is 10.2 Å². The van der Waals surface area contributed by atoms with E-state index in [-0.39, 0.29) is 0 Å². The standard InChI is InChI=1S/C11H13N3O/c1-8-11(9-3-2-6-13-7-9)15-10(14-8)4-5-12/h2-3,6-7H,4-5,12H2,1H3. The molecule has 4 nitrogen and oxygen atoms in total. The maximum Gasteiger partial charge on any atom is 0.196 e.